The van der Waals surface area contributed by atoms with Crippen molar-refractivity contribution in [1.82, 2.24) is 20.0 Å². The average molecular weight is 287 g/mol. The number of carbonyl (C=O) groups excluding carboxylic acids is 1. The molecule has 0 radical (unpaired) electrons. The van der Waals surface area contributed by atoms with Gasteiger partial charge in [-0.3, -0.25) is 4.79 Å². The molecule has 7 nitrogen and oxygen atoms in total. The zero-order valence-corrected chi connectivity index (χ0v) is 12.1. The summed E-state index contributed by atoms with van der Waals surface area (Å²) in [6.45, 7) is 6.35. The van der Waals surface area contributed by atoms with Gasteiger partial charge in [-0.2, -0.15) is 0 Å². The van der Waals surface area contributed by atoms with Gasteiger partial charge in [-0.05, 0) is 19.9 Å². The van der Waals surface area contributed by atoms with E-state index in [0.29, 0.717) is 43.6 Å². The van der Waals surface area contributed by atoms with E-state index in [0.717, 1.165) is 5.56 Å². The van der Waals surface area contributed by atoms with Gasteiger partial charge in [0.05, 0.1) is 0 Å². The number of piperazine rings is 1. The van der Waals surface area contributed by atoms with Crippen LogP contribution in [0.15, 0.2) is 23.0 Å². The zero-order valence-electron chi connectivity index (χ0n) is 12.1. The number of carbonyl (C=O) groups is 1. The van der Waals surface area contributed by atoms with E-state index in [2.05, 4.69) is 20.0 Å². The Morgan fingerprint density at radius 2 is 1.81 bits per heavy atom. The number of amides is 1. The van der Waals surface area contributed by atoms with Gasteiger partial charge >= 0.3 is 0 Å². The van der Waals surface area contributed by atoms with Crippen molar-refractivity contribution in [1.29, 1.82) is 0 Å². The van der Waals surface area contributed by atoms with Crippen LogP contribution in [0.1, 0.15) is 21.8 Å². The van der Waals surface area contributed by atoms with Crippen LogP contribution in [0.25, 0.3) is 0 Å². The van der Waals surface area contributed by atoms with E-state index < -0.39 is 0 Å². The van der Waals surface area contributed by atoms with E-state index >= 15 is 0 Å². The van der Waals surface area contributed by atoms with Crippen LogP contribution < -0.4 is 4.90 Å². The number of rotatable bonds is 2. The maximum absolute atomic E-state index is 12.4. The molecule has 0 aromatic carbocycles. The second kappa shape index (κ2) is 5.51. The molecule has 0 spiro atoms. The molecule has 3 heterocycles. The third-order valence-electron chi connectivity index (χ3n) is 3.76. The first-order valence-electron chi connectivity index (χ1n) is 6.91. The van der Waals surface area contributed by atoms with Crippen molar-refractivity contribution in [2.24, 2.45) is 0 Å². The third-order valence-corrected chi connectivity index (χ3v) is 3.76. The van der Waals surface area contributed by atoms with Gasteiger partial charge in [0.2, 0.25) is 5.95 Å². The Morgan fingerprint density at radius 1 is 1.14 bits per heavy atom. The van der Waals surface area contributed by atoms with Crippen molar-refractivity contribution in [3.63, 3.8) is 0 Å². The molecule has 2 aromatic heterocycles. The minimum absolute atomic E-state index is 0.0713. The van der Waals surface area contributed by atoms with E-state index in [4.69, 9.17) is 4.52 Å². The predicted octanol–water partition coefficient (Wildman–Crippen LogP) is 1.04. The summed E-state index contributed by atoms with van der Waals surface area (Å²) in [5.41, 5.74) is 1.23. The molecular weight excluding hydrogens is 270 g/mol. The molecule has 1 aliphatic heterocycles. The van der Waals surface area contributed by atoms with Crippen LogP contribution in [0.5, 0.6) is 0 Å². The topological polar surface area (TPSA) is 75.4 Å². The van der Waals surface area contributed by atoms with Gasteiger partial charge in [-0.1, -0.05) is 5.16 Å². The highest BCUT2D eigenvalue weighted by Gasteiger charge is 2.26. The lowest BCUT2D eigenvalue weighted by Crippen LogP contribution is -2.49. The highest BCUT2D eigenvalue weighted by atomic mass is 16.5. The summed E-state index contributed by atoms with van der Waals surface area (Å²) in [6, 6.07) is 1.79. The number of nitrogens with zero attached hydrogens (tertiary/aromatic N) is 5. The van der Waals surface area contributed by atoms with Crippen LogP contribution in [0.2, 0.25) is 0 Å². The molecule has 1 saturated heterocycles. The molecule has 7 heteroatoms. The standard InChI is InChI=1S/C14H17N5O2/c1-10-11(2)21-17-12(10)13(20)18-6-8-19(9-7-18)14-15-4-3-5-16-14/h3-5H,6-9H2,1-2H3. The van der Waals surface area contributed by atoms with Gasteiger partial charge in [-0.25, -0.2) is 9.97 Å². The van der Waals surface area contributed by atoms with Crippen LogP contribution >= 0.6 is 0 Å². The Hall–Kier alpha value is -2.44. The number of anilines is 1. The van der Waals surface area contributed by atoms with E-state index in [-0.39, 0.29) is 5.91 Å². The quantitative estimate of drug-likeness (QED) is 0.821. The Kier molecular flexibility index (Phi) is 3.55. The van der Waals surface area contributed by atoms with Gasteiger partial charge in [0, 0.05) is 44.1 Å². The normalized spacial score (nSPS) is 15.3. The highest BCUT2D eigenvalue weighted by Crippen LogP contribution is 2.16. The summed E-state index contributed by atoms with van der Waals surface area (Å²) >= 11 is 0. The number of aryl methyl sites for hydroxylation is 1. The van der Waals surface area contributed by atoms with Gasteiger partial charge in [0.25, 0.3) is 5.91 Å². The third kappa shape index (κ3) is 2.58. The molecule has 2 aromatic rings. The van der Waals surface area contributed by atoms with Crippen molar-refractivity contribution in [2.45, 2.75) is 13.8 Å². The van der Waals surface area contributed by atoms with Crippen molar-refractivity contribution in [3.05, 3.63) is 35.5 Å². The largest absolute Gasteiger partial charge is 0.361 e. The first-order valence-corrected chi connectivity index (χ1v) is 6.91. The van der Waals surface area contributed by atoms with Crippen LogP contribution in [-0.2, 0) is 0 Å². The Balaban J connectivity index is 1.66. The first-order chi connectivity index (χ1) is 10.2. The van der Waals surface area contributed by atoms with Gasteiger partial charge in [0.1, 0.15) is 5.76 Å². The van der Waals surface area contributed by atoms with E-state index in [9.17, 15) is 4.79 Å². The van der Waals surface area contributed by atoms with Crippen molar-refractivity contribution >= 4 is 11.9 Å². The Bertz CT molecular complexity index is 632. The second-order valence-electron chi connectivity index (χ2n) is 5.04. The molecule has 0 aliphatic carbocycles. The lowest BCUT2D eigenvalue weighted by Gasteiger charge is -2.34. The maximum Gasteiger partial charge on any atom is 0.276 e. The number of hydrogen-bond acceptors (Lipinski definition) is 6. The smallest absolute Gasteiger partial charge is 0.276 e. The molecule has 0 saturated carbocycles. The Labute approximate surface area is 122 Å². The monoisotopic (exact) mass is 287 g/mol. The van der Waals surface area contributed by atoms with Crippen molar-refractivity contribution in [2.75, 3.05) is 31.1 Å². The lowest BCUT2D eigenvalue weighted by atomic mass is 10.2. The summed E-state index contributed by atoms with van der Waals surface area (Å²) in [5.74, 6) is 1.32. The van der Waals surface area contributed by atoms with E-state index in [1.165, 1.54) is 0 Å². The van der Waals surface area contributed by atoms with Gasteiger partial charge < -0.3 is 14.3 Å². The number of aromatic nitrogens is 3. The van der Waals surface area contributed by atoms with E-state index in [1.54, 1.807) is 23.4 Å². The first kappa shape index (κ1) is 13.5. The van der Waals surface area contributed by atoms with Crippen molar-refractivity contribution < 1.29 is 9.32 Å². The summed E-state index contributed by atoms with van der Waals surface area (Å²) in [4.78, 5) is 24.8. The molecule has 0 N–H and O–H groups in total. The second-order valence-corrected chi connectivity index (χ2v) is 5.04. The fourth-order valence-electron chi connectivity index (χ4n) is 2.33. The lowest BCUT2D eigenvalue weighted by molar-refractivity contribution is 0.0735. The molecule has 21 heavy (non-hydrogen) atoms. The van der Waals surface area contributed by atoms with Gasteiger partial charge in [0.15, 0.2) is 5.69 Å². The molecule has 3 rings (SSSR count). The van der Waals surface area contributed by atoms with Crippen LogP contribution in [0.3, 0.4) is 0 Å². The minimum atomic E-state index is -0.0713. The number of hydrogen-bond donors (Lipinski definition) is 0. The molecule has 1 aliphatic rings. The Morgan fingerprint density at radius 3 is 2.38 bits per heavy atom. The van der Waals surface area contributed by atoms with E-state index in [1.807, 2.05) is 13.8 Å². The minimum Gasteiger partial charge on any atom is -0.361 e. The van der Waals surface area contributed by atoms with Crippen molar-refractivity contribution in [3.8, 4) is 0 Å². The SMILES string of the molecule is Cc1onc(C(=O)N2CCN(c3ncccn3)CC2)c1C. The average Bonchev–Trinajstić information content (AvgIpc) is 2.87. The molecule has 1 fully saturated rings. The molecule has 0 atom stereocenters. The molecule has 0 bridgehead atoms. The maximum atomic E-state index is 12.4. The highest BCUT2D eigenvalue weighted by molar-refractivity contribution is 5.93. The summed E-state index contributed by atoms with van der Waals surface area (Å²) in [7, 11) is 0. The molecule has 0 unspecified atom stereocenters. The summed E-state index contributed by atoms with van der Waals surface area (Å²) in [5, 5.41) is 3.86. The van der Waals surface area contributed by atoms with Crippen LogP contribution in [-0.4, -0.2) is 52.1 Å². The van der Waals surface area contributed by atoms with Crippen LogP contribution in [0, 0.1) is 13.8 Å². The fourth-order valence-corrected chi connectivity index (χ4v) is 2.33. The molecule has 1 amide bonds. The predicted molar refractivity (Wildman–Crippen MR) is 76.1 cm³/mol. The van der Waals surface area contributed by atoms with Gasteiger partial charge in [-0.15, -0.1) is 0 Å². The fraction of sp³-hybridized carbons (Fsp3) is 0.429. The summed E-state index contributed by atoms with van der Waals surface area (Å²) in [6.07, 6.45) is 3.45. The van der Waals surface area contributed by atoms with Crippen LogP contribution in [0.4, 0.5) is 5.95 Å². The summed E-state index contributed by atoms with van der Waals surface area (Å²) < 4.78 is 5.07. The molecule has 110 valence electrons. The zero-order chi connectivity index (χ0) is 14.8. The molecular formula is C14H17N5O2.